The third kappa shape index (κ3) is 3.17. The van der Waals surface area contributed by atoms with E-state index in [1.807, 2.05) is 18.2 Å². The zero-order chi connectivity index (χ0) is 17.3. The number of carbonyl (C=O) groups is 2. The van der Waals surface area contributed by atoms with E-state index in [1.54, 1.807) is 24.1 Å². The first-order chi connectivity index (χ1) is 11.5. The molecule has 7 heteroatoms. The highest BCUT2D eigenvalue weighted by Crippen LogP contribution is 2.31. The van der Waals surface area contributed by atoms with E-state index in [0.717, 1.165) is 24.1 Å². The predicted octanol–water partition coefficient (Wildman–Crippen LogP) is 2.68. The van der Waals surface area contributed by atoms with Crippen LogP contribution in [0.2, 0.25) is 0 Å². The monoisotopic (exact) mass is 391 g/mol. The molecule has 1 aromatic heterocycles. The van der Waals surface area contributed by atoms with E-state index < -0.39 is 0 Å². The van der Waals surface area contributed by atoms with Crippen LogP contribution in [0.5, 0.6) is 0 Å². The second-order valence-electron chi connectivity index (χ2n) is 5.76. The number of nitrogens with two attached hydrogens (primary N) is 1. The van der Waals surface area contributed by atoms with Gasteiger partial charge in [0, 0.05) is 25.0 Å². The molecule has 0 aliphatic carbocycles. The van der Waals surface area contributed by atoms with Crippen LogP contribution in [0.15, 0.2) is 39.4 Å². The van der Waals surface area contributed by atoms with Crippen LogP contribution in [-0.2, 0) is 11.2 Å². The molecule has 0 saturated carbocycles. The van der Waals surface area contributed by atoms with Crippen LogP contribution in [0.4, 0.5) is 11.4 Å². The van der Waals surface area contributed by atoms with Gasteiger partial charge >= 0.3 is 0 Å². The first kappa shape index (κ1) is 16.6. The fraction of sp³-hybridized carbons (Fsp3) is 0.294. The van der Waals surface area contributed by atoms with Gasteiger partial charge in [-0.2, -0.15) is 0 Å². The molecule has 0 atom stereocenters. The first-order valence-corrected chi connectivity index (χ1v) is 8.45. The van der Waals surface area contributed by atoms with E-state index in [-0.39, 0.29) is 24.1 Å². The van der Waals surface area contributed by atoms with Crippen molar-refractivity contribution in [3.05, 3.63) is 46.3 Å². The van der Waals surface area contributed by atoms with Gasteiger partial charge in [-0.3, -0.25) is 9.59 Å². The fourth-order valence-electron chi connectivity index (χ4n) is 2.89. The average Bonchev–Trinajstić information content (AvgIpc) is 3.00. The van der Waals surface area contributed by atoms with Gasteiger partial charge in [-0.1, -0.05) is 6.07 Å². The molecule has 0 saturated heterocycles. The Balaban J connectivity index is 1.74. The van der Waals surface area contributed by atoms with Crippen LogP contribution in [0, 0.1) is 0 Å². The Morgan fingerprint density at radius 2 is 2.12 bits per heavy atom. The number of amides is 2. The van der Waals surface area contributed by atoms with Gasteiger partial charge in [-0.05, 0) is 58.6 Å². The van der Waals surface area contributed by atoms with Gasteiger partial charge in [0.1, 0.15) is 6.54 Å². The first-order valence-electron chi connectivity index (χ1n) is 7.66. The van der Waals surface area contributed by atoms with Crippen LogP contribution in [0.3, 0.4) is 0 Å². The third-order valence-corrected chi connectivity index (χ3v) is 4.52. The molecule has 2 amide bonds. The smallest absolute Gasteiger partial charge is 0.289 e. The average molecular weight is 392 g/mol. The highest BCUT2D eigenvalue weighted by Gasteiger charge is 2.26. The Kier molecular flexibility index (Phi) is 4.62. The van der Waals surface area contributed by atoms with Gasteiger partial charge in [0.2, 0.25) is 5.91 Å². The summed E-state index contributed by atoms with van der Waals surface area (Å²) in [7, 11) is 1.58. The second kappa shape index (κ2) is 6.68. The normalized spacial score (nSPS) is 13.5. The van der Waals surface area contributed by atoms with Crippen LogP contribution < -0.4 is 10.6 Å². The molecule has 2 heterocycles. The zero-order valence-corrected chi connectivity index (χ0v) is 14.9. The zero-order valence-electron chi connectivity index (χ0n) is 13.3. The SMILES string of the molecule is CN(CC(=O)N1CCCc2c(N)cccc21)C(=O)c1ccc(Br)o1. The van der Waals surface area contributed by atoms with E-state index in [2.05, 4.69) is 15.9 Å². The van der Waals surface area contributed by atoms with Crippen LogP contribution >= 0.6 is 15.9 Å². The molecular weight excluding hydrogens is 374 g/mol. The second-order valence-corrected chi connectivity index (χ2v) is 6.54. The summed E-state index contributed by atoms with van der Waals surface area (Å²) in [6.07, 6.45) is 1.72. The predicted molar refractivity (Wildman–Crippen MR) is 94.9 cm³/mol. The quantitative estimate of drug-likeness (QED) is 0.815. The third-order valence-electron chi connectivity index (χ3n) is 4.09. The maximum absolute atomic E-state index is 12.7. The Hall–Kier alpha value is -2.28. The molecule has 24 heavy (non-hydrogen) atoms. The molecule has 0 fully saturated rings. The highest BCUT2D eigenvalue weighted by atomic mass is 79.9. The van der Waals surface area contributed by atoms with Crippen molar-refractivity contribution in [1.82, 2.24) is 4.90 Å². The van der Waals surface area contributed by atoms with Crippen LogP contribution in [0.1, 0.15) is 22.5 Å². The lowest BCUT2D eigenvalue weighted by atomic mass is 10.00. The summed E-state index contributed by atoms with van der Waals surface area (Å²) in [5.41, 5.74) is 8.56. The maximum atomic E-state index is 12.7. The van der Waals surface area contributed by atoms with Crippen molar-refractivity contribution < 1.29 is 14.0 Å². The number of likely N-dealkylation sites (N-methyl/N-ethyl adjacent to an activating group) is 1. The van der Waals surface area contributed by atoms with Gasteiger partial charge in [0.15, 0.2) is 10.4 Å². The summed E-state index contributed by atoms with van der Waals surface area (Å²) in [5, 5.41) is 0. The number of rotatable bonds is 3. The van der Waals surface area contributed by atoms with E-state index in [4.69, 9.17) is 10.2 Å². The number of anilines is 2. The van der Waals surface area contributed by atoms with E-state index in [0.29, 0.717) is 16.9 Å². The number of fused-ring (bicyclic) bond motifs is 1. The Bertz CT molecular complexity index is 787. The minimum atomic E-state index is -0.334. The van der Waals surface area contributed by atoms with Gasteiger partial charge < -0.3 is 20.0 Å². The summed E-state index contributed by atoms with van der Waals surface area (Å²) >= 11 is 3.16. The summed E-state index contributed by atoms with van der Waals surface area (Å²) in [5.74, 6) is -0.276. The Morgan fingerprint density at radius 3 is 2.83 bits per heavy atom. The van der Waals surface area contributed by atoms with Gasteiger partial charge in [-0.15, -0.1) is 0 Å². The number of furan rings is 1. The summed E-state index contributed by atoms with van der Waals surface area (Å²) in [6.45, 7) is 0.606. The molecule has 0 bridgehead atoms. The van der Waals surface area contributed by atoms with Crippen molar-refractivity contribution >= 4 is 39.1 Å². The molecule has 126 valence electrons. The summed E-state index contributed by atoms with van der Waals surface area (Å²) < 4.78 is 5.73. The lowest BCUT2D eigenvalue weighted by molar-refractivity contribution is -0.119. The minimum absolute atomic E-state index is 0.0224. The number of nitrogens with zero attached hydrogens (tertiary/aromatic N) is 2. The molecule has 6 nitrogen and oxygen atoms in total. The molecule has 2 N–H and O–H groups in total. The van der Waals surface area contributed by atoms with E-state index in [1.165, 1.54) is 4.90 Å². The van der Waals surface area contributed by atoms with Crippen molar-refractivity contribution in [2.24, 2.45) is 0 Å². The van der Waals surface area contributed by atoms with E-state index in [9.17, 15) is 9.59 Å². The number of carbonyl (C=O) groups excluding carboxylic acids is 2. The topological polar surface area (TPSA) is 79.8 Å². The Labute approximate surface area is 148 Å². The highest BCUT2D eigenvalue weighted by molar-refractivity contribution is 9.10. The van der Waals surface area contributed by atoms with E-state index >= 15 is 0 Å². The van der Waals surface area contributed by atoms with Crippen molar-refractivity contribution in [2.75, 3.05) is 30.8 Å². The number of halogens is 1. The van der Waals surface area contributed by atoms with Crippen molar-refractivity contribution in [1.29, 1.82) is 0 Å². The molecule has 1 aliphatic rings. The Morgan fingerprint density at radius 1 is 1.33 bits per heavy atom. The standard InChI is InChI=1S/C17H18BrN3O3/c1-20(17(23)14-7-8-15(18)24-14)10-16(22)21-9-3-4-11-12(19)5-2-6-13(11)21/h2,5-8H,3-4,9-10,19H2,1H3. The molecule has 0 radical (unpaired) electrons. The number of hydrogen-bond acceptors (Lipinski definition) is 4. The van der Waals surface area contributed by atoms with Gasteiger partial charge in [0.05, 0.1) is 0 Å². The molecule has 3 rings (SSSR count). The van der Waals surface area contributed by atoms with Gasteiger partial charge in [0.25, 0.3) is 5.91 Å². The number of benzene rings is 1. The minimum Gasteiger partial charge on any atom is -0.444 e. The van der Waals surface area contributed by atoms with Crippen molar-refractivity contribution in [2.45, 2.75) is 12.8 Å². The van der Waals surface area contributed by atoms with Crippen LogP contribution in [0.25, 0.3) is 0 Å². The molecule has 1 aromatic carbocycles. The molecule has 0 spiro atoms. The van der Waals surface area contributed by atoms with Crippen molar-refractivity contribution in [3.8, 4) is 0 Å². The van der Waals surface area contributed by atoms with Crippen molar-refractivity contribution in [3.63, 3.8) is 0 Å². The summed E-state index contributed by atoms with van der Waals surface area (Å²) in [6, 6.07) is 8.80. The lowest BCUT2D eigenvalue weighted by Crippen LogP contribution is -2.43. The van der Waals surface area contributed by atoms with Crippen LogP contribution in [-0.4, -0.2) is 36.9 Å². The fourth-order valence-corrected chi connectivity index (χ4v) is 3.19. The summed E-state index contributed by atoms with van der Waals surface area (Å²) in [4.78, 5) is 28.0. The van der Waals surface area contributed by atoms with Gasteiger partial charge in [-0.25, -0.2) is 0 Å². The molecule has 2 aromatic rings. The largest absolute Gasteiger partial charge is 0.444 e. The number of hydrogen-bond donors (Lipinski definition) is 1. The molecule has 0 unspecified atom stereocenters. The maximum Gasteiger partial charge on any atom is 0.289 e. The molecule has 1 aliphatic heterocycles. The number of nitrogen functional groups attached to an aromatic ring is 1. The lowest BCUT2D eigenvalue weighted by Gasteiger charge is -2.31. The molecular formula is C17H18BrN3O3.